The van der Waals surface area contributed by atoms with E-state index in [1.165, 1.54) is 6.08 Å². The van der Waals surface area contributed by atoms with Crippen molar-refractivity contribution in [3.05, 3.63) is 12.7 Å². The van der Waals surface area contributed by atoms with Gasteiger partial charge < -0.3 is 15.2 Å². The highest BCUT2D eigenvalue weighted by Gasteiger charge is 2.55. The van der Waals surface area contributed by atoms with Crippen molar-refractivity contribution in [2.24, 2.45) is 11.1 Å². The van der Waals surface area contributed by atoms with Gasteiger partial charge in [-0.2, -0.15) is 0 Å². The minimum Gasteiger partial charge on any atom is -0.461 e. The molecule has 0 aromatic carbocycles. The summed E-state index contributed by atoms with van der Waals surface area (Å²) in [4.78, 5) is 37.6. The fourth-order valence-corrected chi connectivity index (χ4v) is 2.73. The van der Waals surface area contributed by atoms with Crippen LogP contribution in [0.15, 0.2) is 12.7 Å². The summed E-state index contributed by atoms with van der Waals surface area (Å²) < 4.78 is 10.4. The van der Waals surface area contributed by atoms with Crippen LogP contribution in [0.5, 0.6) is 0 Å². The highest BCUT2D eigenvalue weighted by Crippen LogP contribution is 2.37. The molecule has 1 saturated carbocycles. The van der Waals surface area contributed by atoms with Gasteiger partial charge in [0, 0.05) is 6.42 Å². The highest BCUT2D eigenvalue weighted by molar-refractivity contribution is 6.08. The Morgan fingerprint density at radius 2 is 2.00 bits per heavy atom. The maximum Gasteiger partial charge on any atom is 0.325 e. The number of hydrogen-bond donors (Lipinski definition) is 1. The molecular formula is C17H27NO5. The monoisotopic (exact) mass is 325 g/mol. The SMILES string of the molecule is C=CCOC(=O)C1(C(N)C(=O)OC(C)(C)C)CCCCCC1=O. The summed E-state index contributed by atoms with van der Waals surface area (Å²) in [6.07, 6.45) is 3.93. The summed E-state index contributed by atoms with van der Waals surface area (Å²) in [7, 11) is 0. The van der Waals surface area contributed by atoms with E-state index in [9.17, 15) is 14.4 Å². The smallest absolute Gasteiger partial charge is 0.325 e. The fourth-order valence-electron chi connectivity index (χ4n) is 2.73. The average Bonchev–Trinajstić information content (AvgIpc) is 2.64. The maximum absolute atomic E-state index is 12.6. The molecule has 0 amide bonds. The molecule has 2 atom stereocenters. The van der Waals surface area contributed by atoms with Crippen molar-refractivity contribution in [2.45, 2.75) is 64.5 Å². The van der Waals surface area contributed by atoms with E-state index in [-0.39, 0.29) is 25.2 Å². The maximum atomic E-state index is 12.6. The molecule has 1 rings (SSSR count). The zero-order chi connectivity index (χ0) is 17.7. The van der Waals surface area contributed by atoms with Crippen molar-refractivity contribution < 1.29 is 23.9 Å². The lowest BCUT2D eigenvalue weighted by Crippen LogP contribution is -2.58. The first-order chi connectivity index (χ1) is 10.6. The van der Waals surface area contributed by atoms with E-state index < -0.39 is 29.0 Å². The Morgan fingerprint density at radius 1 is 1.35 bits per heavy atom. The number of Topliss-reactive ketones (excluding diaryl/α,β-unsaturated/α-hetero) is 1. The van der Waals surface area contributed by atoms with Gasteiger partial charge in [-0.1, -0.05) is 25.5 Å². The van der Waals surface area contributed by atoms with Crippen LogP contribution in [0, 0.1) is 5.41 Å². The molecule has 2 unspecified atom stereocenters. The molecule has 0 spiro atoms. The Hall–Kier alpha value is -1.69. The van der Waals surface area contributed by atoms with E-state index in [1.54, 1.807) is 20.8 Å². The van der Waals surface area contributed by atoms with Gasteiger partial charge >= 0.3 is 11.9 Å². The van der Waals surface area contributed by atoms with Gasteiger partial charge in [-0.15, -0.1) is 0 Å². The van der Waals surface area contributed by atoms with Crippen LogP contribution in [0.3, 0.4) is 0 Å². The van der Waals surface area contributed by atoms with Gasteiger partial charge in [0.15, 0.2) is 11.2 Å². The molecule has 2 N–H and O–H groups in total. The molecule has 6 heteroatoms. The van der Waals surface area contributed by atoms with Crippen LogP contribution in [0.25, 0.3) is 0 Å². The van der Waals surface area contributed by atoms with Crippen LogP contribution in [-0.4, -0.2) is 36.0 Å². The molecule has 130 valence electrons. The first kappa shape index (κ1) is 19.4. The summed E-state index contributed by atoms with van der Waals surface area (Å²) in [6.45, 7) is 8.56. The van der Waals surface area contributed by atoms with Gasteiger partial charge in [-0.3, -0.25) is 14.4 Å². The lowest BCUT2D eigenvalue weighted by molar-refractivity contribution is -0.173. The second-order valence-electron chi connectivity index (χ2n) is 6.85. The third-order valence-electron chi connectivity index (χ3n) is 3.86. The molecule has 1 aliphatic rings. The van der Waals surface area contributed by atoms with Crippen molar-refractivity contribution in [2.75, 3.05) is 6.61 Å². The van der Waals surface area contributed by atoms with Crippen molar-refractivity contribution in [3.63, 3.8) is 0 Å². The molecule has 0 bridgehead atoms. The topological polar surface area (TPSA) is 95.7 Å². The fraction of sp³-hybridized carbons (Fsp3) is 0.706. The summed E-state index contributed by atoms with van der Waals surface area (Å²) in [5.74, 6) is -1.87. The number of carbonyl (C=O) groups excluding carboxylic acids is 3. The van der Waals surface area contributed by atoms with Gasteiger partial charge in [0.05, 0.1) is 0 Å². The molecular weight excluding hydrogens is 298 g/mol. The second kappa shape index (κ2) is 7.73. The minimum atomic E-state index is -1.66. The first-order valence-corrected chi connectivity index (χ1v) is 7.95. The Labute approximate surface area is 137 Å². The van der Waals surface area contributed by atoms with Crippen LogP contribution < -0.4 is 5.73 Å². The first-order valence-electron chi connectivity index (χ1n) is 7.95. The van der Waals surface area contributed by atoms with E-state index in [0.29, 0.717) is 12.8 Å². The number of carbonyl (C=O) groups is 3. The van der Waals surface area contributed by atoms with Crippen LogP contribution in [-0.2, 0) is 23.9 Å². The molecule has 0 aromatic heterocycles. The second-order valence-corrected chi connectivity index (χ2v) is 6.85. The summed E-state index contributed by atoms with van der Waals surface area (Å²) in [6, 6.07) is -1.37. The van der Waals surface area contributed by atoms with Crippen molar-refractivity contribution in [1.29, 1.82) is 0 Å². The standard InChI is InChI=1S/C17H27NO5/c1-5-11-22-15(21)17(10-8-6-7-9-12(17)19)13(18)14(20)23-16(2,3)4/h5,13H,1,6-11,18H2,2-4H3. The van der Waals surface area contributed by atoms with E-state index in [1.807, 2.05) is 0 Å². The van der Waals surface area contributed by atoms with Crippen LogP contribution in [0.4, 0.5) is 0 Å². The summed E-state index contributed by atoms with van der Waals surface area (Å²) in [5, 5.41) is 0. The number of esters is 2. The highest BCUT2D eigenvalue weighted by atomic mass is 16.6. The Morgan fingerprint density at radius 3 is 2.57 bits per heavy atom. The van der Waals surface area contributed by atoms with Gasteiger partial charge in [0.2, 0.25) is 0 Å². The number of nitrogens with two attached hydrogens (primary N) is 1. The molecule has 0 aliphatic heterocycles. The van der Waals surface area contributed by atoms with Crippen LogP contribution >= 0.6 is 0 Å². The summed E-state index contributed by atoms with van der Waals surface area (Å²) >= 11 is 0. The van der Waals surface area contributed by atoms with Gasteiger partial charge in [0.25, 0.3) is 0 Å². The normalized spacial score (nSPS) is 23.6. The molecule has 0 saturated heterocycles. The van der Waals surface area contributed by atoms with Gasteiger partial charge in [-0.25, -0.2) is 0 Å². The molecule has 1 fully saturated rings. The lowest BCUT2D eigenvalue weighted by Gasteiger charge is -2.34. The Balaban J connectivity index is 3.16. The zero-order valence-corrected chi connectivity index (χ0v) is 14.2. The average molecular weight is 325 g/mol. The molecule has 0 radical (unpaired) electrons. The molecule has 23 heavy (non-hydrogen) atoms. The Bertz CT molecular complexity index is 480. The minimum absolute atomic E-state index is 0.0328. The quantitative estimate of drug-likeness (QED) is 0.359. The number of hydrogen-bond acceptors (Lipinski definition) is 6. The largest absolute Gasteiger partial charge is 0.461 e. The predicted molar refractivity (Wildman–Crippen MR) is 85.5 cm³/mol. The van der Waals surface area contributed by atoms with Crippen LogP contribution in [0.2, 0.25) is 0 Å². The van der Waals surface area contributed by atoms with Crippen molar-refractivity contribution in [3.8, 4) is 0 Å². The third kappa shape index (κ3) is 4.64. The van der Waals surface area contributed by atoms with Gasteiger partial charge in [-0.05, 0) is 33.6 Å². The van der Waals surface area contributed by atoms with Gasteiger partial charge in [0.1, 0.15) is 18.2 Å². The van der Waals surface area contributed by atoms with E-state index in [0.717, 1.165) is 6.42 Å². The third-order valence-corrected chi connectivity index (χ3v) is 3.86. The van der Waals surface area contributed by atoms with Crippen molar-refractivity contribution >= 4 is 17.7 Å². The van der Waals surface area contributed by atoms with Crippen LogP contribution in [0.1, 0.15) is 52.9 Å². The van der Waals surface area contributed by atoms with Crippen molar-refractivity contribution in [1.82, 2.24) is 0 Å². The zero-order valence-electron chi connectivity index (χ0n) is 14.2. The number of ketones is 1. The molecule has 0 heterocycles. The molecule has 6 nitrogen and oxygen atoms in total. The summed E-state index contributed by atoms with van der Waals surface area (Å²) in [5.41, 5.74) is 3.62. The van der Waals surface area contributed by atoms with E-state index in [4.69, 9.17) is 15.2 Å². The predicted octanol–water partition coefficient (Wildman–Crippen LogP) is 1.90. The van der Waals surface area contributed by atoms with E-state index >= 15 is 0 Å². The number of rotatable bonds is 5. The Kier molecular flexibility index (Phi) is 6.50. The number of ether oxygens (including phenoxy) is 2. The van der Waals surface area contributed by atoms with E-state index in [2.05, 4.69) is 6.58 Å². The lowest BCUT2D eigenvalue weighted by atomic mass is 9.73. The molecule has 1 aliphatic carbocycles. The molecule has 0 aromatic rings.